The van der Waals surface area contributed by atoms with Crippen LogP contribution >= 0.6 is 0 Å². The van der Waals surface area contributed by atoms with Crippen LogP contribution in [-0.4, -0.2) is 49.3 Å². The molecule has 3 nitrogen and oxygen atoms in total. The molecule has 0 aromatic rings. The Bertz CT molecular complexity index is 276. The van der Waals surface area contributed by atoms with E-state index in [1.54, 1.807) is 0 Å². The molecule has 1 aliphatic heterocycles. The van der Waals surface area contributed by atoms with Crippen LogP contribution in [0.25, 0.3) is 0 Å². The summed E-state index contributed by atoms with van der Waals surface area (Å²) < 4.78 is 5.74. The summed E-state index contributed by atoms with van der Waals surface area (Å²) in [6.45, 7) is 12.2. The Kier molecular flexibility index (Phi) is 6.31. The lowest BCUT2D eigenvalue weighted by Crippen LogP contribution is -2.64. The van der Waals surface area contributed by atoms with Crippen molar-refractivity contribution in [2.24, 2.45) is 5.92 Å². The van der Waals surface area contributed by atoms with Gasteiger partial charge in [-0.25, -0.2) is 0 Å². The van der Waals surface area contributed by atoms with E-state index in [9.17, 15) is 0 Å². The first kappa shape index (κ1) is 16.3. The van der Waals surface area contributed by atoms with Gasteiger partial charge in [0.2, 0.25) is 0 Å². The molecule has 0 bridgehead atoms. The van der Waals surface area contributed by atoms with Crippen molar-refractivity contribution in [3.05, 3.63) is 0 Å². The Labute approximate surface area is 125 Å². The van der Waals surface area contributed by atoms with Crippen LogP contribution in [0.4, 0.5) is 0 Å². The molecule has 1 spiro atoms. The van der Waals surface area contributed by atoms with E-state index in [0.717, 1.165) is 32.1 Å². The summed E-state index contributed by atoms with van der Waals surface area (Å²) in [7, 11) is 0. The van der Waals surface area contributed by atoms with Gasteiger partial charge >= 0.3 is 0 Å². The minimum absolute atomic E-state index is 0.425. The largest absolute Gasteiger partial charge is 0.380 e. The van der Waals surface area contributed by atoms with Crippen LogP contribution < -0.4 is 5.32 Å². The fourth-order valence-corrected chi connectivity index (χ4v) is 3.90. The Morgan fingerprint density at radius 2 is 2.00 bits per heavy atom. The highest BCUT2D eigenvalue weighted by Crippen LogP contribution is 2.34. The van der Waals surface area contributed by atoms with E-state index >= 15 is 0 Å². The van der Waals surface area contributed by atoms with Gasteiger partial charge < -0.3 is 10.1 Å². The highest BCUT2D eigenvalue weighted by molar-refractivity contribution is 5.01. The number of nitrogens with one attached hydrogen (secondary N) is 1. The number of hydrogen-bond acceptors (Lipinski definition) is 3. The molecule has 0 aromatic heterocycles. The summed E-state index contributed by atoms with van der Waals surface area (Å²) in [4.78, 5) is 2.73. The lowest BCUT2D eigenvalue weighted by Gasteiger charge is -2.48. The van der Waals surface area contributed by atoms with Gasteiger partial charge in [-0.3, -0.25) is 4.90 Å². The minimum atomic E-state index is 0.425. The summed E-state index contributed by atoms with van der Waals surface area (Å²) in [5, 5.41) is 3.91. The molecular weight excluding hydrogens is 248 g/mol. The van der Waals surface area contributed by atoms with Crippen molar-refractivity contribution in [1.82, 2.24) is 10.2 Å². The Balaban J connectivity index is 1.91. The topological polar surface area (TPSA) is 24.5 Å². The van der Waals surface area contributed by atoms with Crippen molar-refractivity contribution in [3.8, 4) is 0 Å². The molecule has 0 radical (unpaired) electrons. The second kappa shape index (κ2) is 7.77. The quantitative estimate of drug-likeness (QED) is 0.726. The van der Waals surface area contributed by atoms with Gasteiger partial charge in [0, 0.05) is 37.8 Å². The SMILES string of the molecule is CCCOCCN1CC2(CCCC2)NCC1C(C)CC. The lowest BCUT2D eigenvalue weighted by molar-refractivity contribution is 0.0226. The molecule has 1 heterocycles. The second-order valence-electron chi connectivity index (χ2n) is 6.90. The fourth-order valence-electron chi connectivity index (χ4n) is 3.90. The number of hydrogen-bond donors (Lipinski definition) is 1. The third-order valence-electron chi connectivity index (χ3n) is 5.39. The van der Waals surface area contributed by atoms with Crippen LogP contribution in [0.2, 0.25) is 0 Å². The number of ether oxygens (including phenoxy) is 1. The molecule has 118 valence electrons. The molecule has 1 aliphatic carbocycles. The van der Waals surface area contributed by atoms with Gasteiger partial charge in [-0.2, -0.15) is 0 Å². The normalized spacial score (nSPS) is 28.1. The molecule has 2 rings (SSSR count). The van der Waals surface area contributed by atoms with Crippen molar-refractivity contribution in [2.75, 3.05) is 32.8 Å². The smallest absolute Gasteiger partial charge is 0.0593 e. The predicted molar refractivity (Wildman–Crippen MR) is 85.1 cm³/mol. The molecule has 1 saturated heterocycles. The van der Waals surface area contributed by atoms with Gasteiger partial charge in [-0.15, -0.1) is 0 Å². The zero-order valence-electron chi connectivity index (χ0n) is 13.8. The monoisotopic (exact) mass is 282 g/mol. The summed E-state index contributed by atoms with van der Waals surface area (Å²) >= 11 is 0. The van der Waals surface area contributed by atoms with E-state index in [4.69, 9.17) is 4.74 Å². The zero-order chi connectivity index (χ0) is 14.4. The van der Waals surface area contributed by atoms with E-state index in [0.29, 0.717) is 11.6 Å². The van der Waals surface area contributed by atoms with Crippen LogP contribution in [0.15, 0.2) is 0 Å². The van der Waals surface area contributed by atoms with Crippen LogP contribution in [0.5, 0.6) is 0 Å². The van der Waals surface area contributed by atoms with Gasteiger partial charge in [-0.05, 0) is 25.2 Å². The minimum Gasteiger partial charge on any atom is -0.380 e. The van der Waals surface area contributed by atoms with E-state index in [-0.39, 0.29) is 0 Å². The third kappa shape index (κ3) is 3.96. The summed E-state index contributed by atoms with van der Waals surface area (Å²) in [6, 6.07) is 0.691. The summed E-state index contributed by atoms with van der Waals surface area (Å²) in [6.07, 6.45) is 7.94. The van der Waals surface area contributed by atoms with E-state index < -0.39 is 0 Å². The Hall–Kier alpha value is -0.120. The summed E-state index contributed by atoms with van der Waals surface area (Å²) in [5.74, 6) is 0.771. The van der Waals surface area contributed by atoms with Gasteiger partial charge in [0.05, 0.1) is 6.61 Å². The van der Waals surface area contributed by atoms with Crippen molar-refractivity contribution >= 4 is 0 Å². The van der Waals surface area contributed by atoms with E-state index in [1.807, 2.05) is 0 Å². The second-order valence-corrected chi connectivity index (χ2v) is 6.90. The molecule has 2 unspecified atom stereocenters. The molecule has 2 atom stereocenters. The maximum atomic E-state index is 5.74. The van der Waals surface area contributed by atoms with Crippen LogP contribution in [0, 0.1) is 5.92 Å². The maximum absolute atomic E-state index is 5.74. The van der Waals surface area contributed by atoms with Crippen molar-refractivity contribution in [3.63, 3.8) is 0 Å². The highest BCUT2D eigenvalue weighted by atomic mass is 16.5. The van der Waals surface area contributed by atoms with E-state index in [2.05, 4.69) is 31.0 Å². The molecule has 2 aliphatic rings. The van der Waals surface area contributed by atoms with Crippen molar-refractivity contribution < 1.29 is 4.74 Å². The van der Waals surface area contributed by atoms with Crippen molar-refractivity contribution in [1.29, 1.82) is 0 Å². The first-order valence-corrected chi connectivity index (χ1v) is 8.77. The maximum Gasteiger partial charge on any atom is 0.0593 e. The lowest BCUT2D eigenvalue weighted by atomic mass is 9.87. The molecule has 20 heavy (non-hydrogen) atoms. The predicted octanol–water partition coefficient (Wildman–Crippen LogP) is 3.05. The van der Waals surface area contributed by atoms with Gasteiger partial charge in [0.15, 0.2) is 0 Å². The van der Waals surface area contributed by atoms with Gasteiger partial charge in [-0.1, -0.05) is 40.0 Å². The Morgan fingerprint density at radius 1 is 1.25 bits per heavy atom. The Morgan fingerprint density at radius 3 is 2.65 bits per heavy atom. The van der Waals surface area contributed by atoms with Crippen LogP contribution in [0.3, 0.4) is 0 Å². The standard InChI is InChI=1S/C17H34N2O/c1-4-11-20-12-10-19-14-17(8-6-7-9-17)18-13-16(19)15(3)5-2/h15-16,18H,4-14H2,1-3H3. The molecule has 1 saturated carbocycles. The van der Waals surface area contributed by atoms with Crippen molar-refractivity contribution in [2.45, 2.75) is 70.9 Å². The zero-order valence-corrected chi connectivity index (χ0v) is 13.8. The first-order valence-electron chi connectivity index (χ1n) is 8.77. The molecule has 0 amide bonds. The van der Waals surface area contributed by atoms with Gasteiger partial charge in [0.1, 0.15) is 0 Å². The van der Waals surface area contributed by atoms with Gasteiger partial charge in [0.25, 0.3) is 0 Å². The average molecular weight is 282 g/mol. The summed E-state index contributed by atoms with van der Waals surface area (Å²) in [5.41, 5.74) is 0.425. The number of rotatable bonds is 7. The highest BCUT2D eigenvalue weighted by Gasteiger charge is 2.41. The third-order valence-corrected chi connectivity index (χ3v) is 5.39. The molecule has 0 aromatic carbocycles. The molecule has 2 fully saturated rings. The first-order chi connectivity index (χ1) is 9.71. The number of nitrogens with zero attached hydrogens (tertiary/aromatic N) is 1. The fraction of sp³-hybridized carbons (Fsp3) is 1.00. The van der Waals surface area contributed by atoms with Crippen LogP contribution in [-0.2, 0) is 4.74 Å². The number of piperazine rings is 1. The van der Waals surface area contributed by atoms with Crippen LogP contribution in [0.1, 0.15) is 59.3 Å². The van der Waals surface area contributed by atoms with E-state index in [1.165, 1.54) is 45.2 Å². The average Bonchev–Trinajstić information content (AvgIpc) is 2.91. The molecule has 3 heteroatoms. The molecule has 1 N–H and O–H groups in total. The molecular formula is C17H34N2O.